The molecule has 0 amide bonds. The summed E-state index contributed by atoms with van der Waals surface area (Å²) in [6.45, 7) is 0. The SMILES string of the molecule is O.O=P([O-])([O-])[O-].O=P([O-])([O-])[O-].[Fe+2].[Mn+2].[Zn+2]. The minimum Gasteiger partial charge on any atom is -0.822 e. The third-order valence-electron chi connectivity index (χ3n) is 0. The van der Waals surface area contributed by atoms with E-state index in [2.05, 4.69) is 0 Å². The summed E-state index contributed by atoms with van der Waals surface area (Å²) in [5.74, 6) is 0. The van der Waals surface area contributed by atoms with Gasteiger partial charge in [-0.1, -0.05) is 0 Å². The van der Waals surface area contributed by atoms with Gasteiger partial charge in [-0.05, 0) is 0 Å². The molecule has 0 fully saturated rings. The molecule has 83 valence electrons. The summed E-state index contributed by atoms with van der Waals surface area (Å²) in [6, 6.07) is 0. The van der Waals surface area contributed by atoms with Gasteiger partial charge in [0, 0.05) is 0 Å². The van der Waals surface area contributed by atoms with Gasteiger partial charge in [0.05, 0.1) is 0 Å². The minimum absolute atomic E-state index is 0. The molecule has 14 heavy (non-hydrogen) atoms. The molecular formula is H2FeMnO9P2Zn. The first-order valence-electron chi connectivity index (χ1n) is 1.46. The minimum atomic E-state index is -5.39. The summed E-state index contributed by atoms with van der Waals surface area (Å²) in [6.07, 6.45) is 0. The molecule has 9 nitrogen and oxygen atoms in total. The molecule has 0 heterocycles. The van der Waals surface area contributed by atoms with Crippen molar-refractivity contribution < 1.29 is 97.6 Å². The summed E-state index contributed by atoms with van der Waals surface area (Å²) in [7, 11) is -10.8. The largest absolute Gasteiger partial charge is 2.00 e. The Morgan fingerprint density at radius 1 is 0.714 bits per heavy atom. The van der Waals surface area contributed by atoms with Gasteiger partial charge in [0.25, 0.3) is 0 Å². The van der Waals surface area contributed by atoms with Crippen LogP contribution in [0.4, 0.5) is 0 Å². The van der Waals surface area contributed by atoms with Gasteiger partial charge in [-0.15, -0.1) is 0 Å². The summed E-state index contributed by atoms with van der Waals surface area (Å²) in [4.78, 5) is 51.3. The monoisotopic (exact) mass is 383 g/mol. The number of hydrogen-bond donors (Lipinski definition) is 0. The standard InChI is InChI=1S/Fe.Mn.2H3O4P.H2O.Zn/c;;2*1-5(2,3)4;;/h;;2*(H3,1,2,3,4);1H2;/q2*+2;;;;+2/p-6. The molecule has 0 unspecified atom stereocenters. The van der Waals surface area contributed by atoms with Crippen molar-refractivity contribution in [3.8, 4) is 0 Å². The zero-order chi connectivity index (χ0) is 9.00. The molecular weight excluding hydrogens is 382 g/mol. The third kappa shape index (κ3) is 673. The van der Waals surface area contributed by atoms with Crippen LogP contribution >= 0.6 is 15.6 Å². The van der Waals surface area contributed by atoms with Crippen LogP contribution in [0.15, 0.2) is 0 Å². The molecule has 1 radical (unpaired) electrons. The van der Waals surface area contributed by atoms with Crippen molar-refractivity contribution in [3.05, 3.63) is 0 Å². The number of rotatable bonds is 0. The fourth-order valence-corrected chi connectivity index (χ4v) is 0. The Balaban J connectivity index is -0.0000000178. The van der Waals surface area contributed by atoms with E-state index in [1.807, 2.05) is 0 Å². The Bertz CT molecular complexity index is 135. The Hall–Kier alpha value is 1.84. The van der Waals surface area contributed by atoms with Gasteiger partial charge >= 0.3 is 53.6 Å². The van der Waals surface area contributed by atoms with Gasteiger partial charge in [0.15, 0.2) is 0 Å². The van der Waals surface area contributed by atoms with E-state index in [1.54, 1.807) is 0 Å². The van der Waals surface area contributed by atoms with Crippen molar-refractivity contribution in [1.82, 2.24) is 0 Å². The molecule has 0 saturated carbocycles. The summed E-state index contributed by atoms with van der Waals surface area (Å²) < 4.78 is 17.1. The van der Waals surface area contributed by atoms with Crippen molar-refractivity contribution in [2.45, 2.75) is 0 Å². The average molecular weight is 384 g/mol. The van der Waals surface area contributed by atoms with Gasteiger partial charge in [-0.3, -0.25) is 0 Å². The van der Waals surface area contributed by atoms with Gasteiger partial charge in [0.2, 0.25) is 0 Å². The van der Waals surface area contributed by atoms with Crippen LogP contribution in [0.2, 0.25) is 0 Å². The maximum atomic E-state index is 8.55. The van der Waals surface area contributed by atoms with Gasteiger partial charge < -0.3 is 44.0 Å². The second-order valence-corrected chi connectivity index (χ2v) is 2.68. The molecule has 0 aliphatic rings. The second-order valence-electron chi connectivity index (χ2n) is 0.894. The number of hydrogen-bond acceptors (Lipinski definition) is 8. The van der Waals surface area contributed by atoms with E-state index < -0.39 is 15.6 Å². The van der Waals surface area contributed by atoms with Gasteiger partial charge in [-0.2, -0.15) is 15.6 Å². The quantitative estimate of drug-likeness (QED) is 0.289. The Morgan fingerprint density at radius 3 is 0.714 bits per heavy atom. The first-order chi connectivity index (χ1) is 4.00. The first-order valence-corrected chi connectivity index (χ1v) is 4.38. The van der Waals surface area contributed by atoms with Crippen molar-refractivity contribution >= 4 is 15.6 Å². The molecule has 0 aliphatic carbocycles. The number of phosphoric acid groups is 2. The molecule has 2 N–H and O–H groups in total. The maximum Gasteiger partial charge on any atom is 2.00 e. The summed E-state index contributed by atoms with van der Waals surface area (Å²) >= 11 is 0. The van der Waals surface area contributed by atoms with Crippen LogP contribution in [0.3, 0.4) is 0 Å². The molecule has 14 heteroatoms. The predicted molar refractivity (Wildman–Crippen MR) is 18.8 cm³/mol. The molecule has 0 rings (SSSR count). The van der Waals surface area contributed by atoms with E-state index in [0.717, 1.165) is 0 Å². The molecule has 0 aliphatic heterocycles. The van der Waals surface area contributed by atoms with Crippen molar-refractivity contribution in [2.24, 2.45) is 0 Å². The van der Waals surface area contributed by atoms with Crippen molar-refractivity contribution in [1.29, 1.82) is 0 Å². The van der Waals surface area contributed by atoms with E-state index in [9.17, 15) is 0 Å². The smallest absolute Gasteiger partial charge is 0.822 e. The van der Waals surface area contributed by atoms with Gasteiger partial charge in [-0.25, -0.2) is 0 Å². The Kier molecular flexibility index (Phi) is 38.2. The molecule has 0 aromatic carbocycles. The van der Waals surface area contributed by atoms with Crippen LogP contribution in [0, 0.1) is 0 Å². The zero-order valence-electron chi connectivity index (χ0n) is 6.10. The van der Waals surface area contributed by atoms with E-state index in [1.165, 1.54) is 0 Å². The fraction of sp³-hybridized carbons (Fsp3) is 0. The molecule has 0 spiro atoms. The van der Waals surface area contributed by atoms with Crippen LogP contribution in [-0.2, 0) is 62.7 Å². The van der Waals surface area contributed by atoms with Crippen LogP contribution in [0.5, 0.6) is 0 Å². The fourth-order valence-electron chi connectivity index (χ4n) is 0. The first kappa shape index (κ1) is 36.0. The van der Waals surface area contributed by atoms with Crippen LogP contribution in [-0.4, -0.2) is 5.48 Å². The van der Waals surface area contributed by atoms with E-state index in [-0.39, 0.29) is 59.1 Å². The van der Waals surface area contributed by atoms with E-state index >= 15 is 0 Å². The zero-order valence-corrected chi connectivity index (χ0v) is 13.1. The Labute approximate surface area is 113 Å². The van der Waals surface area contributed by atoms with Crippen molar-refractivity contribution in [2.75, 3.05) is 0 Å². The van der Waals surface area contributed by atoms with E-state index in [0.29, 0.717) is 0 Å². The predicted octanol–water partition coefficient (Wildman–Crippen LogP) is -6.48. The van der Waals surface area contributed by atoms with Crippen LogP contribution in [0.25, 0.3) is 0 Å². The summed E-state index contributed by atoms with van der Waals surface area (Å²) in [5, 5.41) is 0. The Morgan fingerprint density at radius 2 is 0.714 bits per heavy atom. The maximum absolute atomic E-state index is 8.55. The molecule has 0 aromatic rings. The normalized spacial score (nSPS) is 8.43. The molecule has 0 aromatic heterocycles. The topological polar surface area (TPSA) is 204 Å². The summed E-state index contributed by atoms with van der Waals surface area (Å²) in [5.41, 5.74) is 0. The van der Waals surface area contributed by atoms with Crippen molar-refractivity contribution in [3.63, 3.8) is 0 Å². The second kappa shape index (κ2) is 14.8. The average Bonchev–Trinajstić information content (AvgIpc) is 1.12. The molecule has 0 saturated heterocycles. The van der Waals surface area contributed by atoms with Crippen LogP contribution in [0.1, 0.15) is 0 Å². The third-order valence-corrected chi connectivity index (χ3v) is 0. The molecule has 0 atom stereocenters. The molecule has 0 bridgehead atoms. The van der Waals surface area contributed by atoms with E-state index in [4.69, 9.17) is 38.5 Å². The van der Waals surface area contributed by atoms with Gasteiger partial charge in [0.1, 0.15) is 0 Å². The van der Waals surface area contributed by atoms with Crippen LogP contribution < -0.4 is 29.4 Å².